The highest BCUT2D eigenvalue weighted by Gasteiger charge is 2.36. The van der Waals surface area contributed by atoms with Crippen LogP contribution in [0.5, 0.6) is 0 Å². The van der Waals surface area contributed by atoms with Gasteiger partial charge in [-0.3, -0.25) is 14.6 Å². The van der Waals surface area contributed by atoms with Crippen molar-refractivity contribution >= 4 is 17.3 Å². The number of H-pyrrole nitrogens is 1. The van der Waals surface area contributed by atoms with Gasteiger partial charge in [0.25, 0.3) is 5.91 Å². The molecule has 41 heavy (non-hydrogen) atoms. The number of pyridine rings is 2. The Labute approximate surface area is 233 Å². The van der Waals surface area contributed by atoms with Gasteiger partial charge in [0.2, 0.25) is 5.56 Å². The molecule has 0 saturated carbocycles. The van der Waals surface area contributed by atoms with E-state index in [1.54, 1.807) is 12.3 Å². The van der Waals surface area contributed by atoms with Crippen LogP contribution in [0.4, 0.5) is 28.9 Å². The number of amides is 1. The van der Waals surface area contributed by atoms with Gasteiger partial charge in [-0.25, -0.2) is 4.39 Å². The molecule has 0 spiro atoms. The first kappa shape index (κ1) is 28.7. The molecule has 9 nitrogen and oxygen atoms in total. The van der Waals surface area contributed by atoms with Crippen molar-refractivity contribution in [1.82, 2.24) is 20.2 Å². The van der Waals surface area contributed by atoms with E-state index in [0.29, 0.717) is 63.3 Å². The quantitative estimate of drug-likeness (QED) is 0.372. The Morgan fingerprint density at radius 2 is 1.93 bits per heavy atom. The van der Waals surface area contributed by atoms with Crippen molar-refractivity contribution in [2.45, 2.75) is 25.2 Å². The second kappa shape index (κ2) is 12.0. The smallest absolute Gasteiger partial charge is 0.380 e. The third-order valence-electron chi connectivity index (χ3n) is 7.28. The maximum absolute atomic E-state index is 15.6. The monoisotopic (exact) mass is 574 g/mol. The molecular formula is C28H30F4N6O3. The fourth-order valence-corrected chi connectivity index (χ4v) is 4.97. The summed E-state index contributed by atoms with van der Waals surface area (Å²) in [6.07, 6.45) is -0.147. The lowest BCUT2D eigenvalue weighted by Gasteiger charge is -2.35. The highest BCUT2D eigenvalue weighted by atomic mass is 19.4. The number of halogens is 4. The molecular weight excluding hydrogens is 544 g/mol. The van der Waals surface area contributed by atoms with Gasteiger partial charge in [-0.2, -0.15) is 13.2 Å². The van der Waals surface area contributed by atoms with Crippen LogP contribution >= 0.6 is 0 Å². The SMILES string of the molecule is CN1CCN(c2cc(F)c(-c3cncc(CN[C@@H]4CCOC4)c3)cc2NC(=O)c2c[nH]c(=O)cc2C(F)(F)F)CC1. The highest BCUT2D eigenvalue weighted by Crippen LogP contribution is 2.36. The molecule has 3 N–H and O–H groups in total. The number of hydrogen-bond donors (Lipinski definition) is 3. The van der Waals surface area contributed by atoms with Gasteiger partial charge < -0.3 is 30.2 Å². The zero-order valence-electron chi connectivity index (χ0n) is 22.4. The molecule has 0 unspecified atom stereocenters. The molecule has 1 amide bonds. The average Bonchev–Trinajstić information content (AvgIpc) is 3.46. The molecule has 0 aliphatic carbocycles. The zero-order chi connectivity index (χ0) is 29.1. The van der Waals surface area contributed by atoms with Crippen molar-refractivity contribution in [3.05, 3.63) is 75.7 Å². The predicted molar refractivity (Wildman–Crippen MR) is 145 cm³/mol. The van der Waals surface area contributed by atoms with Crippen LogP contribution in [0.15, 0.2) is 47.7 Å². The van der Waals surface area contributed by atoms with E-state index in [-0.39, 0.29) is 17.3 Å². The Hall–Kier alpha value is -3.81. The Morgan fingerprint density at radius 3 is 2.63 bits per heavy atom. The largest absolute Gasteiger partial charge is 0.417 e. The number of aromatic amines is 1. The summed E-state index contributed by atoms with van der Waals surface area (Å²) in [5, 5.41) is 5.93. The molecule has 218 valence electrons. The number of piperazine rings is 1. The molecule has 3 aromatic rings. The van der Waals surface area contributed by atoms with Crippen LogP contribution in [0.1, 0.15) is 27.9 Å². The first-order valence-corrected chi connectivity index (χ1v) is 13.2. The maximum Gasteiger partial charge on any atom is 0.417 e. The van der Waals surface area contributed by atoms with E-state index in [1.807, 2.05) is 11.9 Å². The molecule has 4 heterocycles. The standard InChI is InChI=1S/C28H30F4N6O3/c1-37-3-5-38(6-4-37)25-11-23(29)20(18-8-17(12-33-14-18)13-34-19-2-7-41-16-19)9-24(25)36-27(40)21-15-35-26(39)10-22(21)28(30,31)32/h8-12,14-15,19,34H,2-7,13,16H2,1H3,(H,35,39)(H,36,40)/t19-/m1/s1. The number of likely N-dealkylation sites (N-methyl/N-ethyl adjacent to an activating group) is 1. The Bertz CT molecular complexity index is 1460. The highest BCUT2D eigenvalue weighted by molar-refractivity contribution is 6.07. The lowest BCUT2D eigenvalue weighted by Crippen LogP contribution is -2.44. The molecule has 2 fully saturated rings. The van der Waals surface area contributed by atoms with E-state index in [0.717, 1.165) is 18.2 Å². The summed E-state index contributed by atoms with van der Waals surface area (Å²) in [4.78, 5) is 35.1. The molecule has 13 heteroatoms. The molecule has 2 aliphatic heterocycles. The summed E-state index contributed by atoms with van der Waals surface area (Å²) in [5.41, 5.74) is -1.22. The minimum atomic E-state index is -4.93. The summed E-state index contributed by atoms with van der Waals surface area (Å²) in [5.74, 6) is -1.65. The van der Waals surface area contributed by atoms with E-state index in [9.17, 15) is 22.8 Å². The Kier molecular flexibility index (Phi) is 8.38. The Morgan fingerprint density at radius 1 is 1.15 bits per heavy atom. The molecule has 2 aromatic heterocycles. The average molecular weight is 575 g/mol. The molecule has 5 rings (SSSR count). The lowest BCUT2D eigenvalue weighted by atomic mass is 10.0. The minimum Gasteiger partial charge on any atom is -0.380 e. The summed E-state index contributed by atoms with van der Waals surface area (Å²) in [6, 6.07) is 5.04. The normalized spacial score (nSPS) is 18.1. The van der Waals surface area contributed by atoms with Gasteiger partial charge in [0.1, 0.15) is 5.82 Å². The number of hydrogen-bond acceptors (Lipinski definition) is 7. The van der Waals surface area contributed by atoms with E-state index < -0.39 is 34.6 Å². The summed E-state index contributed by atoms with van der Waals surface area (Å²) in [6.45, 7) is 4.21. The van der Waals surface area contributed by atoms with Crippen molar-refractivity contribution < 1.29 is 27.1 Å². The zero-order valence-corrected chi connectivity index (χ0v) is 22.4. The number of nitrogens with zero attached hydrogens (tertiary/aromatic N) is 3. The lowest BCUT2D eigenvalue weighted by molar-refractivity contribution is -0.138. The molecule has 0 radical (unpaired) electrons. The van der Waals surface area contributed by atoms with Gasteiger partial charge >= 0.3 is 6.18 Å². The fraction of sp³-hybridized carbons (Fsp3) is 0.393. The van der Waals surface area contributed by atoms with Crippen molar-refractivity contribution in [2.24, 2.45) is 0 Å². The van der Waals surface area contributed by atoms with Gasteiger partial charge in [0.15, 0.2) is 0 Å². The molecule has 2 saturated heterocycles. The first-order valence-electron chi connectivity index (χ1n) is 13.2. The number of anilines is 2. The minimum absolute atomic E-state index is 0.134. The van der Waals surface area contributed by atoms with Crippen molar-refractivity contribution in [1.29, 1.82) is 0 Å². The second-order valence-electron chi connectivity index (χ2n) is 10.2. The van der Waals surface area contributed by atoms with Crippen LogP contribution in [0.2, 0.25) is 0 Å². The van der Waals surface area contributed by atoms with Crippen LogP contribution in [0.3, 0.4) is 0 Å². The van der Waals surface area contributed by atoms with Crippen molar-refractivity contribution in [3.8, 4) is 11.1 Å². The molecule has 1 atom stereocenters. The van der Waals surface area contributed by atoms with Crippen LogP contribution in [-0.4, -0.2) is 73.3 Å². The third-order valence-corrected chi connectivity index (χ3v) is 7.28. The van der Waals surface area contributed by atoms with Crippen LogP contribution in [0, 0.1) is 5.82 Å². The van der Waals surface area contributed by atoms with Gasteiger partial charge in [-0.1, -0.05) is 0 Å². The summed E-state index contributed by atoms with van der Waals surface area (Å²) in [7, 11) is 1.95. The number of alkyl halides is 3. The molecule has 2 aliphatic rings. The van der Waals surface area contributed by atoms with Crippen molar-refractivity contribution in [2.75, 3.05) is 56.7 Å². The van der Waals surface area contributed by atoms with E-state index in [1.165, 1.54) is 18.3 Å². The van der Waals surface area contributed by atoms with Crippen LogP contribution in [-0.2, 0) is 17.5 Å². The van der Waals surface area contributed by atoms with Gasteiger partial charge in [-0.05, 0) is 37.2 Å². The first-order chi connectivity index (χ1) is 19.6. The topological polar surface area (TPSA) is 103 Å². The summed E-state index contributed by atoms with van der Waals surface area (Å²) >= 11 is 0. The summed E-state index contributed by atoms with van der Waals surface area (Å²) < 4.78 is 62.0. The van der Waals surface area contributed by atoms with Gasteiger partial charge in [0, 0.05) is 81.2 Å². The number of benzene rings is 1. The number of rotatable bonds is 7. The fourth-order valence-electron chi connectivity index (χ4n) is 4.97. The molecule has 0 bridgehead atoms. The van der Waals surface area contributed by atoms with E-state index in [4.69, 9.17) is 4.74 Å². The third kappa shape index (κ3) is 6.75. The number of carbonyl (C=O) groups is 1. The Balaban J connectivity index is 1.50. The van der Waals surface area contributed by atoms with E-state index >= 15 is 4.39 Å². The molecule has 1 aromatic carbocycles. The number of ether oxygens (including phenoxy) is 1. The van der Waals surface area contributed by atoms with E-state index in [2.05, 4.69) is 25.5 Å². The van der Waals surface area contributed by atoms with Gasteiger partial charge in [-0.15, -0.1) is 0 Å². The second-order valence-corrected chi connectivity index (χ2v) is 10.2. The number of nitrogens with one attached hydrogen (secondary N) is 3. The van der Waals surface area contributed by atoms with Crippen LogP contribution in [0.25, 0.3) is 11.1 Å². The van der Waals surface area contributed by atoms with Gasteiger partial charge in [0.05, 0.1) is 29.1 Å². The maximum atomic E-state index is 15.6. The predicted octanol–water partition coefficient (Wildman–Crippen LogP) is 3.48. The van der Waals surface area contributed by atoms with Crippen molar-refractivity contribution in [3.63, 3.8) is 0 Å². The number of aromatic nitrogens is 2. The van der Waals surface area contributed by atoms with Crippen LogP contribution < -0.4 is 21.1 Å². The number of carbonyl (C=O) groups excluding carboxylic acids is 1.